The summed E-state index contributed by atoms with van der Waals surface area (Å²) >= 11 is 5.41. The second kappa shape index (κ2) is 17.1. The molecule has 0 aliphatic heterocycles. The lowest BCUT2D eigenvalue weighted by Gasteiger charge is -2.03. The summed E-state index contributed by atoms with van der Waals surface area (Å²) in [5, 5.41) is 52.5. The van der Waals surface area contributed by atoms with Gasteiger partial charge in [0.25, 0.3) is 15.8 Å². The Balaban J connectivity index is 0.000000573. The maximum Gasteiger partial charge on any atom is 0.346 e. The minimum atomic E-state index is -4.37. The number of nitro benzene ring substituents is 1. The van der Waals surface area contributed by atoms with Gasteiger partial charge >= 0.3 is 17.9 Å². The number of hydrogen-bond donors (Lipinski definition) is 6. The Hall–Kier alpha value is -4.56. The smallest absolute Gasteiger partial charge is 0.346 e. The molecule has 0 bridgehead atoms. The van der Waals surface area contributed by atoms with E-state index in [0.29, 0.717) is 24.8 Å². The monoisotopic (exact) mass is 601 g/mol. The molecule has 0 saturated carbocycles. The number of nitrogens with zero attached hydrogens (tertiary/aromatic N) is 2. The Morgan fingerprint density at radius 1 is 1.10 bits per heavy atom. The van der Waals surface area contributed by atoms with Gasteiger partial charge in [0.15, 0.2) is 0 Å². The van der Waals surface area contributed by atoms with Gasteiger partial charge in [-0.3, -0.25) is 24.3 Å². The zero-order valence-electron chi connectivity index (χ0n) is 20.4. The van der Waals surface area contributed by atoms with E-state index in [4.69, 9.17) is 47.6 Å². The molecule has 40 heavy (non-hydrogen) atoms. The van der Waals surface area contributed by atoms with E-state index in [1.54, 1.807) is 6.07 Å². The van der Waals surface area contributed by atoms with Crippen molar-refractivity contribution in [2.75, 3.05) is 0 Å². The molecule has 7 N–H and O–H groups in total. The van der Waals surface area contributed by atoms with Crippen molar-refractivity contribution >= 4 is 51.4 Å². The molecule has 0 aliphatic carbocycles. The number of hydrogen-bond acceptors (Lipinski definition) is 10. The Kier molecular flexibility index (Phi) is 15.2. The molecule has 2 aromatic rings. The van der Waals surface area contributed by atoms with Crippen LogP contribution in [0.4, 0.5) is 5.69 Å². The van der Waals surface area contributed by atoms with Gasteiger partial charge in [-0.05, 0) is 48.7 Å². The molecule has 0 saturated heterocycles. The number of carboxylic acid groups (broad SMARTS) is 3. The van der Waals surface area contributed by atoms with Crippen molar-refractivity contribution in [1.82, 2.24) is 0 Å². The molecule has 2 rings (SSSR count). The van der Waals surface area contributed by atoms with Gasteiger partial charge in [0, 0.05) is 12.5 Å². The normalized spacial score (nSPS) is 11.4. The first-order valence-corrected chi connectivity index (χ1v) is 12.6. The van der Waals surface area contributed by atoms with Crippen molar-refractivity contribution in [1.29, 1.82) is 5.26 Å². The number of unbranched alkanes of at least 4 members (excludes halogenated alkanes) is 1. The average molecular weight is 602 g/mol. The highest BCUT2D eigenvalue weighted by Crippen LogP contribution is 2.26. The molecule has 1 unspecified atom stereocenters. The SMILES string of the molecule is N#C/C(=C\c1ccc(O)cc1)C(=O)O.NC(CCCCC(=O)O)C(=O)O.O=[N+]([O-])c1ccc(S(=O)(=O)O)cc1Cl. The molecule has 216 valence electrons. The lowest BCUT2D eigenvalue weighted by molar-refractivity contribution is -0.384. The van der Waals surface area contributed by atoms with Gasteiger partial charge in [-0.1, -0.05) is 30.2 Å². The zero-order valence-corrected chi connectivity index (χ0v) is 21.9. The quantitative estimate of drug-likeness (QED) is 0.0570. The average Bonchev–Trinajstić information content (AvgIpc) is 2.85. The van der Waals surface area contributed by atoms with Crippen LogP contribution in [0.2, 0.25) is 5.02 Å². The number of nitro groups is 1. The van der Waals surface area contributed by atoms with Crippen LogP contribution in [0, 0.1) is 21.4 Å². The Morgan fingerprint density at radius 2 is 1.68 bits per heavy atom. The first kappa shape index (κ1) is 35.4. The summed E-state index contributed by atoms with van der Waals surface area (Å²) < 4.78 is 29.8. The van der Waals surface area contributed by atoms with E-state index < -0.39 is 49.6 Å². The summed E-state index contributed by atoms with van der Waals surface area (Å²) in [5.41, 5.74) is 4.99. The highest BCUT2D eigenvalue weighted by atomic mass is 35.5. The summed E-state index contributed by atoms with van der Waals surface area (Å²) in [6.45, 7) is 0. The van der Waals surface area contributed by atoms with Crippen LogP contribution < -0.4 is 5.73 Å². The van der Waals surface area contributed by atoms with Crippen molar-refractivity contribution in [2.24, 2.45) is 5.73 Å². The molecule has 0 aromatic heterocycles. The van der Waals surface area contributed by atoms with E-state index >= 15 is 0 Å². The number of aromatic hydroxyl groups is 1. The van der Waals surface area contributed by atoms with E-state index in [-0.39, 0.29) is 22.8 Å². The fourth-order valence-electron chi connectivity index (χ4n) is 2.44. The van der Waals surface area contributed by atoms with Gasteiger partial charge in [-0.15, -0.1) is 0 Å². The molecule has 0 fully saturated rings. The van der Waals surface area contributed by atoms with E-state index in [1.165, 1.54) is 30.3 Å². The number of carbonyl (C=O) groups is 3. The molecule has 0 heterocycles. The summed E-state index contributed by atoms with van der Waals surface area (Å²) in [6, 6.07) is 9.21. The fraction of sp³-hybridized carbons (Fsp3) is 0.217. The number of phenolic OH excluding ortho intramolecular Hbond substituents is 1. The maximum absolute atomic E-state index is 10.6. The van der Waals surface area contributed by atoms with Gasteiger partial charge in [-0.25, -0.2) is 4.79 Å². The van der Waals surface area contributed by atoms with Crippen molar-refractivity contribution in [2.45, 2.75) is 36.6 Å². The number of phenols is 1. The lowest BCUT2D eigenvalue weighted by Crippen LogP contribution is -2.29. The predicted molar refractivity (Wildman–Crippen MR) is 139 cm³/mol. The molecular formula is C23H24ClN3O12S. The zero-order chi connectivity index (χ0) is 31.0. The number of carboxylic acids is 3. The van der Waals surface area contributed by atoms with Crippen LogP contribution in [0.15, 0.2) is 52.9 Å². The van der Waals surface area contributed by atoms with Crippen molar-refractivity contribution in [3.05, 3.63) is 68.7 Å². The van der Waals surface area contributed by atoms with E-state index in [0.717, 1.165) is 18.2 Å². The van der Waals surface area contributed by atoms with Gasteiger partial charge in [0.1, 0.15) is 28.5 Å². The second-order valence-electron chi connectivity index (χ2n) is 7.50. The van der Waals surface area contributed by atoms with Crippen LogP contribution in [0.5, 0.6) is 5.75 Å². The minimum absolute atomic E-state index is 0.0757. The van der Waals surface area contributed by atoms with E-state index in [1.807, 2.05) is 0 Å². The number of rotatable bonds is 10. The Bertz CT molecular complexity index is 1390. The summed E-state index contributed by atoms with van der Waals surface area (Å²) in [7, 11) is -4.37. The third-order valence-corrected chi connectivity index (χ3v) is 5.59. The van der Waals surface area contributed by atoms with Crippen molar-refractivity contribution in [3.8, 4) is 11.8 Å². The van der Waals surface area contributed by atoms with Crippen molar-refractivity contribution in [3.63, 3.8) is 0 Å². The van der Waals surface area contributed by atoms with Gasteiger partial charge in [-0.2, -0.15) is 13.7 Å². The number of halogens is 1. The van der Waals surface area contributed by atoms with Crippen LogP contribution in [-0.4, -0.2) is 62.3 Å². The first-order valence-electron chi connectivity index (χ1n) is 10.7. The number of aliphatic carboxylic acids is 3. The van der Waals surface area contributed by atoms with Crippen LogP contribution in [0.25, 0.3) is 6.08 Å². The Morgan fingerprint density at radius 3 is 2.08 bits per heavy atom. The van der Waals surface area contributed by atoms with Gasteiger partial charge < -0.3 is 26.2 Å². The first-order chi connectivity index (χ1) is 18.5. The van der Waals surface area contributed by atoms with Crippen LogP contribution in [0.1, 0.15) is 31.2 Å². The Labute approximate surface area is 232 Å². The highest BCUT2D eigenvalue weighted by molar-refractivity contribution is 7.85. The predicted octanol–water partition coefficient (Wildman–Crippen LogP) is 2.92. The van der Waals surface area contributed by atoms with Crippen molar-refractivity contribution < 1.29 is 52.7 Å². The number of nitriles is 1. The largest absolute Gasteiger partial charge is 0.508 e. The molecule has 0 spiro atoms. The molecule has 2 aromatic carbocycles. The van der Waals surface area contributed by atoms with E-state index in [9.17, 15) is 32.9 Å². The van der Waals surface area contributed by atoms with Gasteiger partial charge in [0.05, 0.1) is 9.82 Å². The topological polar surface area (TPSA) is 279 Å². The highest BCUT2D eigenvalue weighted by Gasteiger charge is 2.17. The molecular weight excluding hydrogens is 578 g/mol. The molecule has 0 radical (unpaired) electrons. The molecule has 1 atom stereocenters. The van der Waals surface area contributed by atoms with E-state index in [2.05, 4.69) is 0 Å². The molecule has 0 aliphatic rings. The summed E-state index contributed by atoms with van der Waals surface area (Å²) in [6.07, 6.45) is 2.67. The summed E-state index contributed by atoms with van der Waals surface area (Å²) in [4.78, 5) is 39.7. The van der Waals surface area contributed by atoms with Crippen LogP contribution in [0.3, 0.4) is 0 Å². The van der Waals surface area contributed by atoms with Crippen LogP contribution in [-0.2, 0) is 24.5 Å². The van der Waals surface area contributed by atoms with Gasteiger partial charge in [0.2, 0.25) is 0 Å². The lowest BCUT2D eigenvalue weighted by atomic mass is 10.1. The third kappa shape index (κ3) is 14.4. The second-order valence-corrected chi connectivity index (χ2v) is 9.32. The number of benzene rings is 2. The fourth-order valence-corrected chi connectivity index (χ4v) is 3.26. The molecule has 15 nitrogen and oxygen atoms in total. The third-order valence-electron chi connectivity index (χ3n) is 4.44. The summed E-state index contributed by atoms with van der Waals surface area (Å²) in [5.74, 6) is -3.07. The standard InChI is InChI=1S/C10H7NO3.C7H13NO4.C6H4ClNO5S/c11-6-8(10(13)14)5-7-1-3-9(12)4-2-7;8-5(7(11)12)3-1-2-4-6(9)10;7-5-3-4(14(11,12)13)1-2-6(5)8(9)10/h1-5,12H,(H,13,14);5H,1-4,8H2,(H,9,10)(H,11,12);1-3H,(H,11,12,13)/b8-5+;;. The minimum Gasteiger partial charge on any atom is -0.508 e. The number of nitrogens with two attached hydrogens (primary N) is 1. The molecule has 17 heteroatoms. The molecule has 0 amide bonds. The van der Waals surface area contributed by atoms with Crippen LogP contribution >= 0.6 is 11.6 Å². The maximum atomic E-state index is 10.6.